The number of alkyl halides is 2. The molecule has 0 radical (unpaired) electrons. The topological polar surface area (TPSA) is 72.5 Å². The van der Waals surface area contributed by atoms with Crippen molar-refractivity contribution in [1.29, 1.82) is 0 Å². The molecule has 0 atom stereocenters. The summed E-state index contributed by atoms with van der Waals surface area (Å²) >= 11 is 0. The first-order valence-corrected chi connectivity index (χ1v) is 8.14. The number of carbonyl (C=O) groups excluding carboxylic acids is 1. The van der Waals surface area contributed by atoms with Crippen molar-refractivity contribution in [2.45, 2.75) is 10.7 Å². The molecule has 128 valence electrons. The molecule has 0 aliphatic heterocycles. The van der Waals surface area contributed by atoms with Crippen molar-refractivity contribution in [1.82, 2.24) is 0 Å². The van der Waals surface area contributed by atoms with E-state index in [1.54, 1.807) is 0 Å². The highest BCUT2D eigenvalue weighted by Gasteiger charge is 2.29. The van der Waals surface area contributed by atoms with E-state index >= 15 is 0 Å². The molecule has 0 saturated heterocycles. The summed E-state index contributed by atoms with van der Waals surface area (Å²) in [6.07, 6.45) is 0. The summed E-state index contributed by atoms with van der Waals surface area (Å²) in [5.41, 5.74) is -0.273. The lowest BCUT2D eigenvalue weighted by Gasteiger charge is -2.11. The van der Waals surface area contributed by atoms with E-state index in [-0.39, 0.29) is 11.4 Å². The molecule has 1 amide bonds. The zero-order chi connectivity index (χ0) is 17.7. The lowest BCUT2D eigenvalue weighted by molar-refractivity contribution is -0.118. The number of ether oxygens (including phenoxy) is 1. The Hall–Kier alpha value is -2.55. The van der Waals surface area contributed by atoms with Crippen LogP contribution in [0.25, 0.3) is 0 Å². The zero-order valence-corrected chi connectivity index (χ0v) is 12.9. The third-order valence-electron chi connectivity index (χ3n) is 2.89. The minimum Gasteiger partial charge on any atom is -0.484 e. The number of sulfone groups is 1. The molecule has 2 rings (SSSR count). The van der Waals surface area contributed by atoms with Crippen LogP contribution < -0.4 is 10.1 Å². The Labute approximate surface area is 136 Å². The van der Waals surface area contributed by atoms with E-state index in [1.165, 1.54) is 30.3 Å². The van der Waals surface area contributed by atoms with Gasteiger partial charge in [-0.2, -0.15) is 8.78 Å². The number of halogens is 3. The quantitative estimate of drug-likeness (QED) is 0.861. The molecule has 0 spiro atoms. The monoisotopic (exact) mass is 359 g/mol. The molecule has 0 aliphatic rings. The molecule has 1 N–H and O–H groups in total. The van der Waals surface area contributed by atoms with Crippen molar-refractivity contribution in [3.05, 3.63) is 54.3 Å². The van der Waals surface area contributed by atoms with Gasteiger partial charge in [0, 0.05) is 0 Å². The molecule has 2 aromatic carbocycles. The summed E-state index contributed by atoms with van der Waals surface area (Å²) in [6, 6.07) is 9.69. The minimum atomic E-state index is -4.86. The molecule has 2 aromatic rings. The molecule has 0 saturated carbocycles. The molecule has 0 unspecified atom stereocenters. The number of benzene rings is 2. The highest BCUT2D eigenvalue weighted by atomic mass is 32.2. The van der Waals surface area contributed by atoms with Gasteiger partial charge in [0.05, 0.1) is 10.6 Å². The van der Waals surface area contributed by atoms with E-state index in [0.29, 0.717) is 0 Å². The van der Waals surface area contributed by atoms with Crippen molar-refractivity contribution in [3.63, 3.8) is 0 Å². The molecule has 9 heteroatoms. The van der Waals surface area contributed by atoms with Crippen LogP contribution in [0.2, 0.25) is 0 Å². The maximum absolute atomic E-state index is 12.7. The molecule has 0 bridgehead atoms. The van der Waals surface area contributed by atoms with Gasteiger partial charge in [0.1, 0.15) is 11.6 Å². The summed E-state index contributed by atoms with van der Waals surface area (Å²) in [5.74, 6) is -4.61. The first-order valence-electron chi connectivity index (χ1n) is 6.60. The summed E-state index contributed by atoms with van der Waals surface area (Å²) in [4.78, 5) is 11.1. The number of anilines is 1. The van der Waals surface area contributed by atoms with Gasteiger partial charge in [-0.05, 0) is 36.4 Å². The van der Waals surface area contributed by atoms with Crippen LogP contribution in [0.4, 0.5) is 18.9 Å². The first kappa shape index (κ1) is 17.8. The van der Waals surface area contributed by atoms with Crippen LogP contribution in [0, 0.1) is 5.82 Å². The van der Waals surface area contributed by atoms with Gasteiger partial charge < -0.3 is 10.1 Å². The first-order chi connectivity index (χ1) is 11.3. The Balaban J connectivity index is 2.08. The lowest BCUT2D eigenvalue weighted by Crippen LogP contribution is -2.22. The fourth-order valence-electron chi connectivity index (χ4n) is 1.78. The average molecular weight is 359 g/mol. The average Bonchev–Trinajstić information content (AvgIpc) is 2.54. The number of para-hydroxylation sites is 1. The Morgan fingerprint density at radius 3 is 2.33 bits per heavy atom. The minimum absolute atomic E-state index is 0.222. The Bertz CT molecular complexity index is 823. The van der Waals surface area contributed by atoms with Gasteiger partial charge in [0.2, 0.25) is 9.84 Å². The third-order valence-corrected chi connectivity index (χ3v) is 4.32. The summed E-state index contributed by atoms with van der Waals surface area (Å²) in [5, 5.41) is 2.20. The van der Waals surface area contributed by atoms with Crippen LogP contribution in [0.15, 0.2) is 53.4 Å². The molecular formula is C15H12F3NO4S. The van der Waals surface area contributed by atoms with E-state index in [1.807, 2.05) is 0 Å². The molecule has 0 fully saturated rings. The predicted molar refractivity (Wildman–Crippen MR) is 80.2 cm³/mol. The van der Waals surface area contributed by atoms with Gasteiger partial charge in [0.15, 0.2) is 6.61 Å². The molecule has 0 heterocycles. The summed E-state index contributed by atoms with van der Waals surface area (Å²) < 4.78 is 66.3. The Morgan fingerprint density at radius 1 is 1.08 bits per heavy atom. The van der Waals surface area contributed by atoms with Crippen molar-refractivity contribution in [2.24, 2.45) is 0 Å². The van der Waals surface area contributed by atoms with Gasteiger partial charge in [-0.25, -0.2) is 12.8 Å². The van der Waals surface area contributed by atoms with Gasteiger partial charge in [-0.15, -0.1) is 0 Å². The predicted octanol–water partition coefficient (Wildman–Crippen LogP) is 2.84. The van der Waals surface area contributed by atoms with Crippen molar-refractivity contribution < 1.29 is 31.1 Å². The molecule has 24 heavy (non-hydrogen) atoms. The van der Waals surface area contributed by atoms with Crippen LogP contribution in [-0.4, -0.2) is 26.7 Å². The van der Waals surface area contributed by atoms with Crippen LogP contribution in [0.3, 0.4) is 0 Å². The Kier molecular flexibility index (Phi) is 5.45. The van der Waals surface area contributed by atoms with Gasteiger partial charge in [-0.1, -0.05) is 12.1 Å². The molecule has 5 nitrogen and oxygen atoms in total. The van der Waals surface area contributed by atoms with E-state index in [0.717, 1.165) is 18.2 Å². The molecular weight excluding hydrogens is 347 g/mol. The smallest absolute Gasteiger partial charge is 0.341 e. The second kappa shape index (κ2) is 7.35. The van der Waals surface area contributed by atoms with Crippen molar-refractivity contribution in [3.8, 4) is 5.75 Å². The second-order valence-corrected chi connectivity index (χ2v) is 6.48. The third kappa shape index (κ3) is 4.25. The highest BCUT2D eigenvalue weighted by Crippen LogP contribution is 2.26. The summed E-state index contributed by atoms with van der Waals surface area (Å²) in [6.45, 7) is -0.505. The number of nitrogens with one attached hydrogen (secondary N) is 1. The number of hydrogen-bond donors (Lipinski definition) is 1. The normalized spacial score (nSPS) is 11.3. The number of carbonyl (C=O) groups is 1. The van der Waals surface area contributed by atoms with Crippen LogP contribution in [-0.2, 0) is 14.6 Å². The number of rotatable bonds is 6. The standard InChI is InChI=1S/C15H12F3NO4S/c16-10-5-7-11(8-6-10)23-9-14(20)19-12-3-1-2-4-13(12)24(21,22)15(17)18/h1-8,15H,9H2,(H,19,20). The summed E-state index contributed by atoms with van der Waals surface area (Å²) in [7, 11) is -4.86. The van der Waals surface area contributed by atoms with E-state index in [2.05, 4.69) is 5.32 Å². The van der Waals surface area contributed by atoms with Crippen LogP contribution >= 0.6 is 0 Å². The van der Waals surface area contributed by atoms with Crippen molar-refractivity contribution in [2.75, 3.05) is 11.9 Å². The number of hydrogen-bond acceptors (Lipinski definition) is 4. The maximum atomic E-state index is 12.7. The molecule has 0 aliphatic carbocycles. The van der Waals surface area contributed by atoms with Crippen LogP contribution in [0.5, 0.6) is 5.75 Å². The van der Waals surface area contributed by atoms with Gasteiger partial charge >= 0.3 is 5.76 Å². The second-order valence-electron chi connectivity index (χ2n) is 4.59. The van der Waals surface area contributed by atoms with E-state index < -0.39 is 38.8 Å². The molecule has 0 aromatic heterocycles. The van der Waals surface area contributed by atoms with Crippen molar-refractivity contribution >= 4 is 21.4 Å². The number of amides is 1. The SMILES string of the molecule is O=C(COc1ccc(F)cc1)Nc1ccccc1S(=O)(=O)C(F)F. The highest BCUT2D eigenvalue weighted by molar-refractivity contribution is 7.91. The van der Waals surface area contributed by atoms with Gasteiger partial charge in [-0.3, -0.25) is 4.79 Å². The van der Waals surface area contributed by atoms with E-state index in [9.17, 15) is 26.4 Å². The van der Waals surface area contributed by atoms with E-state index in [4.69, 9.17) is 4.74 Å². The fourth-order valence-corrected chi connectivity index (χ4v) is 2.67. The lowest BCUT2D eigenvalue weighted by atomic mass is 10.3. The maximum Gasteiger partial charge on any atom is 0.341 e. The largest absolute Gasteiger partial charge is 0.484 e. The van der Waals surface area contributed by atoms with Crippen LogP contribution in [0.1, 0.15) is 0 Å². The van der Waals surface area contributed by atoms with Gasteiger partial charge in [0.25, 0.3) is 5.91 Å². The Morgan fingerprint density at radius 2 is 1.71 bits per heavy atom. The fraction of sp³-hybridized carbons (Fsp3) is 0.133. The zero-order valence-electron chi connectivity index (χ0n) is 12.1.